The summed E-state index contributed by atoms with van der Waals surface area (Å²) in [6, 6.07) is 23.5. The van der Waals surface area contributed by atoms with Crippen molar-refractivity contribution < 1.29 is 28.9 Å². The molecule has 0 fully saturated rings. The molecule has 1 N–H and O–H groups in total. The summed E-state index contributed by atoms with van der Waals surface area (Å²) in [6.45, 7) is 3.83. The van der Waals surface area contributed by atoms with E-state index in [9.17, 15) is 9.59 Å². The second kappa shape index (κ2) is 11.3. The molecule has 0 aromatic heterocycles. The number of benzene rings is 3. The summed E-state index contributed by atoms with van der Waals surface area (Å²) in [5, 5.41) is 9.10. The van der Waals surface area contributed by atoms with Crippen molar-refractivity contribution >= 4 is 11.8 Å². The van der Waals surface area contributed by atoms with E-state index in [1.54, 1.807) is 48.5 Å². The Balaban J connectivity index is 1.54. The molecule has 6 heteroatoms. The Bertz CT molecular complexity index is 1040. The molecule has 172 valence electrons. The molecule has 0 aliphatic rings. The van der Waals surface area contributed by atoms with Crippen LogP contribution in [0.5, 0.6) is 11.5 Å². The normalized spacial score (nSPS) is 13.5. The van der Waals surface area contributed by atoms with Gasteiger partial charge in [0.15, 0.2) is 11.9 Å². The molecule has 0 saturated heterocycles. The summed E-state index contributed by atoms with van der Waals surface area (Å²) in [4.78, 5) is 23.6. The molecular weight excluding hydrogens is 420 g/mol. The minimum Gasteiger partial charge on any atom is -0.487 e. The smallest absolute Gasteiger partial charge is 0.333 e. The number of methoxy groups -OCH3 is 1. The van der Waals surface area contributed by atoms with Gasteiger partial charge in [0.05, 0.1) is 0 Å². The predicted molar refractivity (Wildman–Crippen MR) is 125 cm³/mol. The first-order valence-electron chi connectivity index (χ1n) is 10.7. The Morgan fingerprint density at radius 3 is 1.73 bits per heavy atom. The number of ether oxygens (including phenoxy) is 3. The fraction of sp³-hybridized carbons (Fsp3) is 0.259. The highest BCUT2D eigenvalue weighted by molar-refractivity contribution is 6.08. The van der Waals surface area contributed by atoms with Crippen molar-refractivity contribution in [3.8, 4) is 11.5 Å². The molecule has 3 rings (SSSR count). The zero-order chi connectivity index (χ0) is 23.8. The van der Waals surface area contributed by atoms with Gasteiger partial charge in [0, 0.05) is 24.7 Å². The third kappa shape index (κ3) is 6.67. The van der Waals surface area contributed by atoms with Crippen molar-refractivity contribution in [1.82, 2.24) is 0 Å². The van der Waals surface area contributed by atoms with E-state index in [0.717, 1.165) is 5.56 Å². The van der Waals surface area contributed by atoms with E-state index in [4.69, 9.17) is 19.3 Å². The van der Waals surface area contributed by atoms with Gasteiger partial charge in [-0.05, 0) is 55.8 Å². The topological polar surface area (TPSA) is 82.1 Å². The third-order valence-corrected chi connectivity index (χ3v) is 5.36. The molecule has 3 aromatic rings. The van der Waals surface area contributed by atoms with E-state index in [-0.39, 0.29) is 24.4 Å². The summed E-state index contributed by atoms with van der Waals surface area (Å²) < 4.78 is 16.9. The van der Waals surface area contributed by atoms with E-state index in [1.165, 1.54) is 7.11 Å². The lowest BCUT2D eigenvalue weighted by molar-refractivity contribution is -0.148. The SMILES string of the molecule is COC(Cc1ccc(OC(C)C(C)Oc2ccc(C(=O)c3ccccc3)cc2)cc1)C(=O)O. The van der Waals surface area contributed by atoms with Gasteiger partial charge < -0.3 is 19.3 Å². The molecule has 0 heterocycles. The van der Waals surface area contributed by atoms with Crippen molar-refractivity contribution in [1.29, 1.82) is 0 Å². The number of carbonyl (C=O) groups excluding carboxylic acids is 1. The molecule has 0 spiro atoms. The van der Waals surface area contributed by atoms with E-state index in [2.05, 4.69) is 0 Å². The molecule has 3 atom stereocenters. The predicted octanol–water partition coefficient (Wildman–Crippen LogP) is 4.79. The van der Waals surface area contributed by atoms with Crippen LogP contribution in [-0.4, -0.2) is 42.3 Å². The maximum Gasteiger partial charge on any atom is 0.333 e. The van der Waals surface area contributed by atoms with Crippen LogP contribution in [0.4, 0.5) is 0 Å². The Morgan fingerprint density at radius 2 is 1.24 bits per heavy atom. The Labute approximate surface area is 193 Å². The first-order valence-corrected chi connectivity index (χ1v) is 10.7. The van der Waals surface area contributed by atoms with Gasteiger partial charge in [0.1, 0.15) is 23.7 Å². The standard InChI is InChI=1S/C27H28O6/c1-18(32-23-13-9-20(10-14-23)17-25(31-3)27(29)30)19(2)33-24-15-11-22(12-16-24)26(28)21-7-5-4-6-8-21/h4-16,18-19,25H,17H2,1-3H3,(H,29,30). The van der Waals surface area contributed by atoms with E-state index in [0.29, 0.717) is 22.6 Å². The molecule has 6 nitrogen and oxygen atoms in total. The zero-order valence-corrected chi connectivity index (χ0v) is 18.9. The molecule has 0 radical (unpaired) electrons. The van der Waals surface area contributed by atoms with Gasteiger partial charge in [0.25, 0.3) is 0 Å². The second-order valence-electron chi connectivity index (χ2n) is 7.78. The molecule has 0 aliphatic heterocycles. The largest absolute Gasteiger partial charge is 0.487 e. The number of hydrogen-bond acceptors (Lipinski definition) is 5. The number of ketones is 1. The van der Waals surface area contributed by atoms with Gasteiger partial charge in [-0.15, -0.1) is 0 Å². The molecule has 0 amide bonds. The van der Waals surface area contributed by atoms with Crippen LogP contribution in [0, 0.1) is 0 Å². The quantitative estimate of drug-likeness (QED) is 0.425. The lowest BCUT2D eigenvalue weighted by Crippen LogP contribution is -2.31. The lowest BCUT2D eigenvalue weighted by Gasteiger charge is -2.23. The molecule has 3 aromatic carbocycles. The second-order valence-corrected chi connectivity index (χ2v) is 7.78. The number of rotatable bonds is 11. The van der Waals surface area contributed by atoms with Gasteiger partial charge in [0.2, 0.25) is 0 Å². The van der Waals surface area contributed by atoms with Gasteiger partial charge in [-0.3, -0.25) is 4.79 Å². The fourth-order valence-electron chi connectivity index (χ4n) is 3.25. The van der Waals surface area contributed by atoms with Gasteiger partial charge >= 0.3 is 5.97 Å². The van der Waals surface area contributed by atoms with Crippen LogP contribution >= 0.6 is 0 Å². The average Bonchev–Trinajstić information content (AvgIpc) is 2.83. The Kier molecular flexibility index (Phi) is 8.22. The molecule has 3 unspecified atom stereocenters. The number of carbonyl (C=O) groups is 2. The van der Waals surface area contributed by atoms with Crippen molar-refractivity contribution in [3.05, 3.63) is 95.6 Å². The summed E-state index contributed by atoms with van der Waals surface area (Å²) in [7, 11) is 1.38. The minimum atomic E-state index is -0.991. The number of carboxylic acid groups (broad SMARTS) is 1. The van der Waals surface area contributed by atoms with Crippen LogP contribution in [-0.2, 0) is 16.0 Å². The molecule has 0 bridgehead atoms. The van der Waals surface area contributed by atoms with Crippen LogP contribution in [0.3, 0.4) is 0 Å². The first-order chi connectivity index (χ1) is 15.9. The highest BCUT2D eigenvalue weighted by Crippen LogP contribution is 2.20. The summed E-state index contributed by atoms with van der Waals surface area (Å²) in [5.41, 5.74) is 2.09. The Hall–Kier alpha value is -3.64. The average molecular weight is 449 g/mol. The van der Waals surface area contributed by atoms with Crippen LogP contribution < -0.4 is 9.47 Å². The van der Waals surface area contributed by atoms with Crippen LogP contribution in [0.15, 0.2) is 78.9 Å². The number of hydrogen-bond donors (Lipinski definition) is 1. The highest BCUT2D eigenvalue weighted by atomic mass is 16.5. The first kappa shape index (κ1) is 24.0. The third-order valence-electron chi connectivity index (χ3n) is 5.36. The van der Waals surface area contributed by atoms with Crippen molar-refractivity contribution in [2.45, 2.75) is 38.6 Å². The van der Waals surface area contributed by atoms with E-state index >= 15 is 0 Å². The maximum absolute atomic E-state index is 12.5. The van der Waals surface area contributed by atoms with Gasteiger partial charge in [-0.25, -0.2) is 4.79 Å². The van der Waals surface area contributed by atoms with Crippen LogP contribution in [0.1, 0.15) is 35.3 Å². The van der Waals surface area contributed by atoms with Gasteiger partial charge in [-0.1, -0.05) is 42.5 Å². The van der Waals surface area contributed by atoms with E-state index < -0.39 is 12.1 Å². The molecule has 33 heavy (non-hydrogen) atoms. The fourth-order valence-corrected chi connectivity index (χ4v) is 3.25. The number of carboxylic acids is 1. The maximum atomic E-state index is 12.5. The van der Waals surface area contributed by atoms with Crippen molar-refractivity contribution in [3.63, 3.8) is 0 Å². The monoisotopic (exact) mass is 448 g/mol. The number of aliphatic carboxylic acids is 1. The lowest BCUT2D eigenvalue weighted by atomic mass is 10.0. The van der Waals surface area contributed by atoms with Crippen molar-refractivity contribution in [2.75, 3.05) is 7.11 Å². The Morgan fingerprint density at radius 1 is 0.758 bits per heavy atom. The van der Waals surface area contributed by atoms with Gasteiger partial charge in [-0.2, -0.15) is 0 Å². The molecule has 0 aliphatic carbocycles. The van der Waals surface area contributed by atoms with Crippen molar-refractivity contribution in [2.24, 2.45) is 0 Å². The van der Waals surface area contributed by atoms with E-state index in [1.807, 2.05) is 44.2 Å². The highest BCUT2D eigenvalue weighted by Gasteiger charge is 2.18. The van der Waals surface area contributed by atoms with Crippen LogP contribution in [0.25, 0.3) is 0 Å². The molecule has 0 saturated carbocycles. The summed E-state index contributed by atoms with van der Waals surface area (Å²) >= 11 is 0. The molecular formula is C27H28O6. The zero-order valence-electron chi connectivity index (χ0n) is 18.9. The summed E-state index contributed by atoms with van der Waals surface area (Å²) in [5.74, 6) is 0.289. The summed E-state index contributed by atoms with van der Waals surface area (Å²) in [6.07, 6.45) is -1.08. The minimum absolute atomic E-state index is 0.0319. The van der Waals surface area contributed by atoms with Crippen LogP contribution in [0.2, 0.25) is 0 Å².